The summed E-state index contributed by atoms with van der Waals surface area (Å²) >= 11 is 0. The van der Waals surface area contributed by atoms with Gasteiger partial charge in [-0.05, 0) is 31.0 Å². The lowest BCUT2D eigenvalue weighted by molar-refractivity contribution is -0.248. The van der Waals surface area contributed by atoms with E-state index < -0.39 is 71.2 Å². The van der Waals surface area contributed by atoms with E-state index in [1.807, 2.05) is 0 Å². The van der Waals surface area contributed by atoms with E-state index in [0.717, 1.165) is 0 Å². The molecule has 5 rings (SSSR count). The number of carbonyl (C=O) groups excluding carboxylic acids is 2. The third kappa shape index (κ3) is 3.81. The Labute approximate surface area is 217 Å². The maximum atomic E-state index is 13.5. The number of aromatic hydroxyl groups is 2. The van der Waals surface area contributed by atoms with Gasteiger partial charge in [0.2, 0.25) is 5.78 Å². The Hall–Kier alpha value is -3.35. The standard InChI is InChI=1S/C27H29NO10/c1-3-27(36)9-16(38-17-8-14(28)22(30)10(2)37-17)19-12(21(27)26(34)35)7-13-20(25(19)33)24(32)18-11(23(13)31)5-4-6-15(18)29/h4-7,10,14,16-17,21-22,29-30,33,36H,3,8-9,28H2,1-2H3,(H,34,35). The molecule has 202 valence electrons. The minimum atomic E-state index is -1.83. The quantitative estimate of drug-likeness (QED) is 0.287. The second-order valence-electron chi connectivity index (χ2n) is 10.2. The van der Waals surface area contributed by atoms with Gasteiger partial charge in [-0.1, -0.05) is 19.1 Å². The average molecular weight is 528 g/mol. The topological polar surface area (TPSA) is 197 Å². The number of hydrogen-bond donors (Lipinski definition) is 6. The molecular formula is C27H29NO10. The number of ether oxygens (including phenoxy) is 2. The van der Waals surface area contributed by atoms with Crippen LogP contribution in [0.15, 0.2) is 24.3 Å². The molecule has 0 aromatic heterocycles. The van der Waals surface area contributed by atoms with E-state index in [2.05, 4.69) is 0 Å². The number of carboxylic acids is 1. The molecule has 7 N–H and O–H groups in total. The van der Waals surface area contributed by atoms with Gasteiger partial charge >= 0.3 is 5.97 Å². The minimum Gasteiger partial charge on any atom is -0.507 e. The van der Waals surface area contributed by atoms with Crippen molar-refractivity contribution in [3.8, 4) is 11.5 Å². The molecule has 0 radical (unpaired) electrons. The second-order valence-corrected chi connectivity index (χ2v) is 10.2. The molecule has 7 atom stereocenters. The number of aliphatic carboxylic acids is 1. The molecule has 11 heteroatoms. The van der Waals surface area contributed by atoms with Crippen LogP contribution >= 0.6 is 0 Å². The van der Waals surface area contributed by atoms with Crippen LogP contribution in [0.1, 0.15) is 88.1 Å². The third-order valence-corrected chi connectivity index (χ3v) is 7.99. The molecule has 1 fully saturated rings. The zero-order valence-corrected chi connectivity index (χ0v) is 20.7. The van der Waals surface area contributed by atoms with Crippen molar-refractivity contribution in [1.29, 1.82) is 0 Å². The van der Waals surface area contributed by atoms with Gasteiger partial charge in [0.15, 0.2) is 12.1 Å². The molecule has 0 spiro atoms. The number of aliphatic hydroxyl groups excluding tert-OH is 1. The molecule has 3 aliphatic rings. The number of hydrogen-bond acceptors (Lipinski definition) is 10. The minimum absolute atomic E-state index is 0.00481. The lowest BCUT2D eigenvalue weighted by Crippen LogP contribution is -2.52. The van der Waals surface area contributed by atoms with E-state index >= 15 is 0 Å². The van der Waals surface area contributed by atoms with Crippen LogP contribution in [0.5, 0.6) is 11.5 Å². The number of carboxylic acid groups (broad SMARTS) is 1. The third-order valence-electron chi connectivity index (χ3n) is 7.99. The van der Waals surface area contributed by atoms with Crippen molar-refractivity contribution < 1.29 is 49.4 Å². The predicted molar refractivity (Wildman–Crippen MR) is 130 cm³/mol. The number of phenols is 2. The van der Waals surface area contributed by atoms with Crippen molar-refractivity contribution in [2.45, 2.75) is 75.3 Å². The van der Waals surface area contributed by atoms with Crippen molar-refractivity contribution >= 4 is 17.5 Å². The molecule has 11 nitrogen and oxygen atoms in total. The fraction of sp³-hybridized carbons (Fsp3) is 0.444. The molecule has 2 aliphatic carbocycles. The molecule has 1 saturated heterocycles. The summed E-state index contributed by atoms with van der Waals surface area (Å²) in [5, 5.41) is 53.5. The van der Waals surface area contributed by atoms with E-state index in [9.17, 15) is 39.9 Å². The van der Waals surface area contributed by atoms with Gasteiger partial charge in [0, 0.05) is 35.6 Å². The molecule has 1 aliphatic heterocycles. The van der Waals surface area contributed by atoms with Crippen molar-refractivity contribution in [1.82, 2.24) is 0 Å². The van der Waals surface area contributed by atoms with Crippen molar-refractivity contribution in [2.24, 2.45) is 5.73 Å². The Bertz CT molecular complexity index is 1340. The van der Waals surface area contributed by atoms with Crippen LogP contribution in [-0.2, 0) is 14.3 Å². The first-order chi connectivity index (χ1) is 17.9. The summed E-state index contributed by atoms with van der Waals surface area (Å²) in [7, 11) is 0. The summed E-state index contributed by atoms with van der Waals surface area (Å²) in [5.41, 5.74) is 3.10. The van der Waals surface area contributed by atoms with Crippen LogP contribution in [0.2, 0.25) is 0 Å². The fourth-order valence-electron chi connectivity index (χ4n) is 5.94. The number of phenolic OH excluding ortho intramolecular Hbond substituents is 2. The lowest BCUT2D eigenvalue weighted by atomic mass is 9.67. The number of rotatable bonds is 4. The smallest absolute Gasteiger partial charge is 0.313 e. The predicted octanol–water partition coefficient (Wildman–Crippen LogP) is 1.47. The summed E-state index contributed by atoms with van der Waals surface area (Å²) in [5.74, 6) is -5.50. The number of fused-ring (bicyclic) bond motifs is 3. The maximum Gasteiger partial charge on any atom is 0.313 e. The van der Waals surface area contributed by atoms with Gasteiger partial charge in [0.05, 0.1) is 35.0 Å². The molecule has 0 amide bonds. The Morgan fingerprint density at radius 2 is 1.89 bits per heavy atom. The van der Waals surface area contributed by atoms with Gasteiger partial charge in [-0.15, -0.1) is 0 Å². The molecule has 2 aromatic carbocycles. The largest absolute Gasteiger partial charge is 0.507 e. The first kappa shape index (κ1) is 26.3. The number of aliphatic hydroxyl groups is 2. The number of nitrogens with two attached hydrogens (primary N) is 1. The molecular weight excluding hydrogens is 498 g/mol. The monoisotopic (exact) mass is 527 g/mol. The van der Waals surface area contributed by atoms with Crippen LogP contribution < -0.4 is 5.73 Å². The molecule has 7 unspecified atom stereocenters. The highest BCUT2D eigenvalue weighted by Crippen LogP contribution is 2.53. The zero-order chi connectivity index (χ0) is 27.7. The van der Waals surface area contributed by atoms with Crippen LogP contribution in [0.25, 0.3) is 0 Å². The van der Waals surface area contributed by atoms with Crippen molar-refractivity contribution in [3.05, 3.63) is 57.6 Å². The fourth-order valence-corrected chi connectivity index (χ4v) is 5.94. The van der Waals surface area contributed by atoms with Crippen LogP contribution in [0.4, 0.5) is 0 Å². The number of carbonyl (C=O) groups is 3. The zero-order valence-electron chi connectivity index (χ0n) is 20.7. The van der Waals surface area contributed by atoms with E-state index in [0.29, 0.717) is 0 Å². The van der Waals surface area contributed by atoms with Crippen LogP contribution in [0, 0.1) is 0 Å². The highest BCUT2D eigenvalue weighted by atomic mass is 16.7. The first-order valence-electron chi connectivity index (χ1n) is 12.4. The summed E-state index contributed by atoms with van der Waals surface area (Å²) in [6, 6.07) is 4.54. The van der Waals surface area contributed by atoms with Gasteiger partial charge in [-0.25, -0.2) is 0 Å². The summed E-state index contributed by atoms with van der Waals surface area (Å²) in [6.45, 7) is 3.22. The highest BCUT2D eigenvalue weighted by Gasteiger charge is 2.52. The van der Waals surface area contributed by atoms with Gasteiger partial charge in [0.1, 0.15) is 17.4 Å². The number of benzene rings is 2. The lowest BCUT2D eigenvalue weighted by Gasteiger charge is -2.45. The molecule has 0 saturated carbocycles. The normalized spacial score (nSPS) is 32.3. The summed E-state index contributed by atoms with van der Waals surface area (Å²) < 4.78 is 11.9. The van der Waals surface area contributed by atoms with Gasteiger partial charge < -0.3 is 40.7 Å². The van der Waals surface area contributed by atoms with Crippen LogP contribution in [-0.4, -0.2) is 73.2 Å². The van der Waals surface area contributed by atoms with Gasteiger partial charge in [0.25, 0.3) is 0 Å². The van der Waals surface area contributed by atoms with E-state index in [4.69, 9.17) is 15.2 Å². The van der Waals surface area contributed by atoms with Gasteiger partial charge in [-0.3, -0.25) is 14.4 Å². The van der Waals surface area contributed by atoms with Crippen molar-refractivity contribution in [2.75, 3.05) is 0 Å². The SMILES string of the molecule is CCC1(O)CC(OC2CC(N)C(O)C(C)O2)c2c(cc3c(c2O)C(=O)c2c(O)cccc2C3=O)C1C(=O)O. The Morgan fingerprint density at radius 3 is 2.53 bits per heavy atom. The highest BCUT2D eigenvalue weighted by molar-refractivity contribution is 6.30. The van der Waals surface area contributed by atoms with E-state index in [1.54, 1.807) is 13.8 Å². The Morgan fingerprint density at radius 1 is 1.18 bits per heavy atom. The molecule has 38 heavy (non-hydrogen) atoms. The Balaban J connectivity index is 1.70. The Kier molecular flexibility index (Phi) is 6.32. The summed E-state index contributed by atoms with van der Waals surface area (Å²) in [6.07, 6.45) is -3.92. The van der Waals surface area contributed by atoms with E-state index in [1.165, 1.54) is 24.3 Å². The molecule has 1 heterocycles. The number of ketones is 2. The van der Waals surface area contributed by atoms with Crippen molar-refractivity contribution in [3.63, 3.8) is 0 Å². The van der Waals surface area contributed by atoms with Crippen LogP contribution in [0.3, 0.4) is 0 Å². The molecule has 2 aromatic rings. The van der Waals surface area contributed by atoms with Gasteiger partial charge in [-0.2, -0.15) is 0 Å². The average Bonchev–Trinajstić information content (AvgIpc) is 2.85. The van der Waals surface area contributed by atoms with E-state index in [-0.39, 0.29) is 52.6 Å². The second kappa shape index (κ2) is 9.14. The molecule has 0 bridgehead atoms. The first-order valence-corrected chi connectivity index (χ1v) is 12.4. The maximum absolute atomic E-state index is 13.5. The summed E-state index contributed by atoms with van der Waals surface area (Å²) in [4.78, 5) is 39.3.